The summed E-state index contributed by atoms with van der Waals surface area (Å²) in [6, 6.07) is 150. The lowest BCUT2D eigenvalue weighted by Crippen LogP contribution is -2.61. The van der Waals surface area contributed by atoms with E-state index < -0.39 is 0 Å². The van der Waals surface area contributed by atoms with Crippen molar-refractivity contribution in [2.45, 2.75) is 26.2 Å². The number of benzene rings is 17. The molecule has 0 N–H and O–H groups in total. The summed E-state index contributed by atoms with van der Waals surface area (Å²) in [5, 5.41) is 4.85. The topological polar surface area (TPSA) is 16.3 Å². The molecule has 2 aliphatic heterocycles. The van der Waals surface area contributed by atoms with Crippen molar-refractivity contribution in [2.24, 2.45) is 0 Å². The predicted octanol–water partition coefficient (Wildman–Crippen LogP) is 26.6. The molecular formula is C106H75BN4. The molecule has 4 nitrogen and oxygen atoms in total. The van der Waals surface area contributed by atoms with E-state index in [0.29, 0.717) is 0 Å². The van der Waals surface area contributed by atoms with Gasteiger partial charge in [0.15, 0.2) is 0 Å². The van der Waals surface area contributed by atoms with Crippen LogP contribution in [0, 0.1) is 0 Å². The van der Waals surface area contributed by atoms with E-state index in [2.05, 4.69) is 440 Å². The van der Waals surface area contributed by atoms with Gasteiger partial charge in [-0.3, -0.25) is 0 Å². The number of aromatic nitrogens is 2. The molecular weight excluding hydrogens is 1340 g/mol. The number of hydrogen-bond donors (Lipinski definition) is 0. The normalized spacial score (nSPS) is 12.4. The highest BCUT2D eigenvalue weighted by atomic mass is 15.2. The summed E-state index contributed by atoms with van der Waals surface area (Å²) in [4.78, 5) is 5.43. The molecule has 17 aromatic carbocycles. The number of nitrogens with zero attached hydrogens (tertiary/aromatic N) is 4. The molecule has 0 atom stereocenters. The van der Waals surface area contributed by atoms with E-state index in [1.165, 1.54) is 65.7 Å². The maximum Gasteiger partial charge on any atom is 0.252 e. The molecule has 522 valence electrons. The van der Waals surface area contributed by atoms with Gasteiger partial charge in [-0.25, -0.2) is 0 Å². The first kappa shape index (κ1) is 65.3. The van der Waals surface area contributed by atoms with Crippen LogP contribution in [-0.4, -0.2) is 15.8 Å². The summed E-state index contributed by atoms with van der Waals surface area (Å²) >= 11 is 0. The number of hydrogen-bond acceptors (Lipinski definition) is 2. The summed E-state index contributed by atoms with van der Waals surface area (Å²) < 4.78 is 4.90. The second-order valence-corrected chi connectivity index (χ2v) is 30.6. The third-order valence-corrected chi connectivity index (χ3v) is 23.2. The van der Waals surface area contributed by atoms with Crippen molar-refractivity contribution >= 4 is 101 Å². The Kier molecular flexibility index (Phi) is 15.6. The maximum atomic E-state index is 2.71. The molecule has 2 aromatic heterocycles. The molecule has 0 amide bonds. The zero-order valence-electron chi connectivity index (χ0n) is 62.0. The standard InChI is InChI=1S/C106H75BN4/c1-106(2,3)80-68-99-103-100(69-80)111(105-89(74-42-20-8-21-43-74)64-79(71-36-14-5-15-37-71)65-90(105)75-44-22-9-23-45-75)96-61-59-77(84-53-33-57-98-102(84)86-51-29-31-55-94(86)109(98)82-48-26-11-27-49-82)67-92(96)107(103)91-66-76(83-52-32-56-97-101(83)85-50-28-30-54-93(85)108(97)81-46-24-10-25-47-81)58-60-95(91)110(99)104-87(72-38-16-6-17-39-72)62-78(70-34-12-4-13-35-70)63-88(104)73-40-18-7-19-41-73/h4-69H,1-3H3. The summed E-state index contributed by atoms with van der Waals surface area (Å²) in [6.45, 7) is 6.85. The first-order chi connectivity index (χ1) is 54.8. The lowest BCUT2D eigenvalue weighted by Gasteiger charge is -2.46. The fraction of sp³-hybridized carbons (Fsp3) is 0.0377. The summed E-state index contributed by atoms with van der Waals surface area (Å²) in [6.07, 6.45) is 0. The van der Waals surface area contributed by atoms with Crippen molar-refractivity contribution in [1.82, 2.24) is 9.13 Å². The quantitative estimate of drug-likeness (QED) is 0.113. The lowest BCUT2D eigenvalue weighted by molar-refractivity contribution is 0.590. The number of para-hydroxylation sites is 4. The first-order valence-electron chi connectivity index (χ1n) is 38.7. The predicted molar refractivity (Wildman–Crippen MR) is 471 cm³/mol. The van der Waals surface area contributed by atoms with E-state index in [-0.39, 0.29) is 12.1 Å². The zero-order chi connectivity index (χ0) is 73.8. The largest absolute Gasteiger partial charge is 0.310 e. The van der Waals surface area contributed by atoms with Crippen LogP contribution >= 0.6 is 0 Å². The monoisotopic (exact) mass is 1410 g/mol. The molecule has 2 aliphatic rings. The Labute approximate surface area is 648 Å². The van der Waals surface area contributed by atoms with Gasteiger partial charge in [0.1, 0.15) is 0 Å². The van der Waals surface area contributed by atoms with E-state index in [0.717, 1.165) is 134 Å². The second kappa shape index (κ2) is 26.4. The van der Waals surface area contributed by atoms with E-state index in [9.17, 15) is 0 Å². The van der Waals surface area contributed by atoms with Crippen LogP contribution in [0.4, 0.5) is 34.1 Å². The van der Waals surface area contributed by atoms with Crippen LogP contribution < -0.4 is 26.2 Å². The van der Waals surface area contributed by atoms with Gasteiger partial charge < -0.3 is 18.9 Å². The molecule has 0 radical (unpaired) electrons. The van der Waals surface area contributed by atoms with Crippen LogP contribution in [0.2, 0.25) is 0 Å². The average molecular weight is 1420 g/mol. The summed E-state index contributed by atoms with van der Waals surface area (Å²) in [5.74, 6) is 0. The molecule has 111 heavy (non-hydrogen) atoms. The van der Waals surface area contributed by atoms with Crippen LogP contribution in [0.1, 0.15) is 26.3 Å². The minimum absolute atomic E-state index is 0.330. The highest BCUT2D eigenvalue weighted by molar-refractivity contribution is 7.00. The SMILES string of the molecule is CC(C)(C)c1cc2c3c(c1)N(c1c(-c4ccccc4)cc(-c4ccccc4)cc1-c1ccccc1)c1ccc(-c4cccc5c4c4ccccc4n5-c4ccccc4)cc1B3c1cc(-c3cccc4c3c3ccccc3n4-c3ccccc3)ccc1N2c1c(-c2ccccc2)cc(-c2ccccc2)cc1-c1ccccc1. The smallest absolute Gasteiger partial charge is 0.252 e. The first-order valence-corrected chi connectivity index (χ1v) is 38.7. The fourth-order valence-corrected chi connectivity index (χ4v) is 18.2. The van der Waals surface area contributed by atoms with Crippen LogP contribution in [0.3, 0.4) is 0 Å². The van der Waals surface area contributed by atoms with Crippen molar-refractivity contribution < 1.29 is 0 Å². The fourth-order valence-electron chi connectivity index (χ4n) is 18.2. The van der Waals surface area contributed by atoms with Crippen LogP contribution in [-0.2, 0) is 5.41 Å². The molecule has 0 fully saturated rings. The van der Waals surface area contributed by atoms with Crippen molar-refractivity contribution in [3.63, 3.8) is 0 Å². The molecule has 0 saturated heterocycles. The number of rotatable bonds is 12. The van der Waals surface area contributed by atoms with Gasteiger partial charge in [-0.15, -0.1) is 0 Å². The van der Waals surface area contributed by atoms with Crippen LogP contribution in [0.25, 0.3) is 144 Å². The van der Waals surface area contributed by atoms with Crippen molar-refractivity contribution in [1.29, 1.82) is 0 Å². The Morgan fingerprint density at radius 3 is 0.874 bits per heavy atom. The van der Waals surface area contributed by atoms with Crippen molar-refractivity contribution in [2.75, 3.05) is 9.80 Å². The van der Waals surface area contributed by atoms with E-state index in [4.69, 9.17) is 0 Å². The number of fused-ring (bicyclic) bond motifs is 10. The summed E-state index contributed by atoms with van der Waals surface area (Å²) in [7, 11) is 0. The third-order valence-electron chi connectivity index (χ3n) is 23.2. The maximum absolute atomic E-state index is 2.71. The minimum Gasteiger partial charge on any atom is -0.310 e. The Morgan fingerprint density at radius 1 is 0.225 bits per heavy atom. The van der Waals surface area contributed by atoms with Gasteiger partial charge in [0.25, 0.3) is 6.71 Å². The van der Waals surface area contributed by atoms with Gasteiger partial charge in [-0.1, -0.05) is 324 Å². The molecule has 19 aromatic rings. The number of anilines is 6. The molecule has 0 bridgehead atoms. The molecule has 0 saturated carbocycles. The molecule has 21 rings (SSSR count). The van der Waals surface area contributed by atoms with E-state index >= 15 is 0 Å². The second-order valence-electron chi connectivity index (χ2n) is 30.6. The Morgan fingerprint density at radius 2 is 0.532 bits per heavy atom. The minimum atomic E-state index is -0.342. The molecule has 0 unspecified atom stereocenters. The highest BCUT2D eigenvalue weighted by Crippen LogP contribution is 2.56. The Balaban J connectivity index is 0.940. The average Bonchev–Trinajstić information content (AvgIpc) is 1.36. The molecule has 5 heteroatoms. The highest BCUT2D eigenvalue weighted by Gasteiger charge is 2.47. The van der Waals surface area contributed by atoms with Gasteiger partial charge in [0, 0.05) is 77.9 Å². The molecule has 0 aliphatic carbocycles. The zero-order valence-corrected chi connectivity index (χ0v) is 62.0. The Hall–Kier alpha value is -14.0. The lowest BCUT2D eigenvalue weighted by atomic mass is 9.33. The van der Waals surface area contributed by atoms with Gasteiger partial charge in [-0.2, -0.15) is 0 Å². The molecule has 0 spiro atoms. The van der Waals surface area contributed by atoms with Gasteiger partial charge in [0.2, 0.25) is 0 Å². The third kappa shape index (κ3) is 10.8. The van der Waals surface area contributed by atoms with E-state index in [1.54, 1.807) is 0 Å². The van der Waals surface area contributed by atoms with Crippen molar-refractivity contribution in [3.8, 4) is 100 Å². The van der Waals surface area contributed by atoms with E-state index in [1.807, 2.05) is 0 Å². The molecule has 4 heterocycles. The summed E-state index contributed by atoms with van der Waals surface area (Å²) in [5.41, 5.74) is 36.4. The van der Waals surface area contributed by atoms with Gasteiger partial charge in [-0.05, 0) is 191 Å². The van der Waals surface area contributed by atoms with Crippen molar-refractivity contribution in [3.05, 3.63) is 406 Å². The van der Waals surface area contributed by atoms with Gasteiger partial charge >= 0.3 is 0 Å². The van der Waals surface area contributed by atoms with Crippen LogP contribution in [0.5, 0.6) is 0 Å². The Bertz CT molecular complexity index is 6300. The van der Waals surface area contributed by atoms with Crippen LogP contribution in [0.15, 0.2) is 400 Å². The van der Waals surface area contributed by atoms with Gasteiger partial charge in [0.05, 0.1) is 33.4 Å².